The number of pyridine rings is 1. The quantitative estimate of drug-likeness (QED) is 0.754. The maximum absolute atomic E-state index is 5.64. The van der Waals surface area contributed by atoms with Crippen LogP contribution in [0.5, 0.6) is 0 Å². The molecule has 1 atom stereocenters. The molecule has 0 aliphatic carbocycles. The van der Waals surface area contributed by atoms with Crippen LogP contribution >= 0.6 is 0 Å². The highest BCUT2D eigenvalue weighted by Gasteiger charge is 2.11. The molecule has 0 saturated heterocycles. The molecule has 1 N–H and O–H groups in total. The van der Waals surface area contributed by atoms with Crippen molar-refractivity contribution in [3.8, 4) is 0 Å². The van der Waals surface area contributed by atoms with Crippen molar-refractivity contribution in [3.63, 3.8) is 0 Å². The monoisotopic (exact) mass is 252 g/mol. The minimum absolute atomic E-state index is 0.0898. The van der Waals surface area contributed by atoms with E-state index in [2.05, 4.69) is 29.4 Å². The van der Waals surface area contributed by atoms with Crippen LogP contribution in [-0.4, -0.2) is 4.98 Å². The molecular weight excluding hydrogens is 236 g/mol. The van der Waals surface area contributed by atoms with Gasteiger partial charge in [-0.1, -0.05) is 24.3 Å². The number of nitrogens with one attached hydrogen (secondary N) is 1. The van der Waals surface area contributed by atoms with Gasteiger partial charge in [-0.05, 0) is 37.4 Å². The van der Waals surface area contributed by atoms with Crippen molar-refractivity contribution >= 4 is 16.6 Å². The second-order valence-electron chi connectivity index (χ2n) is 4.70. The van der Waals surface area contributed by atoms with Crippen molar-refractivity contribution in [1.29, 1.82) is 0 Å². The summed E-state index contributed by atoms with van der Waals surface area (Å²) in [5, 5.41) is 5.72. The van der Waals surface area contributed by atoms with Crippen molar-refractivity contribution in [2.24, 2.45) is 0 Å². The number of benzene rings is 1. The molecule has 96 valence electrons. The van der Waals surface area contributed by atoms with Crippen LogP contribution in [0.3, 0.4) is 0 Å². The maximum Gasteiger partial charge on any atom is 0.134 e. The first kappa shape index (κ1) is 11.8. The van der Waals surface area contributed by atoms with E-state index >= 15 is 0 Å². The molecule has 2 heterocycles. The van der Waals surface area contributed by atoms with Crippen molar-refractivity contribution in [2.75, 3.05) is 5.32 Å². The second kappa shape index (κ2) is 4.76. The summed E-state index contributed by atoms with van der Waals surface area (Å²) in [7, 11) is 0. The predicted molar refractivity (Wildman–Crippen MR) is 77.2 cm³/mol. The van der Waals surface area contributed by atoms with E-state index in [4.69, 9.17) is 4.42 Å². The topological polar surface area (TPSA) is 38.1 Å². The molecule has 1 unspecified atom stereocenters. The molecule has 2 aromatic heterocycles. The summed E-state index contributed by atoms with van der Waals surface area (Å²) in [4.78, 5) is 4.43. The van der Waals surface area contributed by atoms with Crippen LogP contribution in [0.25, 0.3) is 10.8 Å². The Kier molecular flexibility index (Phi) is 2.95. The van der Waals surface area contributed by atoms with Gasteiger partial charge in [-0.2, -0.15) is 0 Å². The number of fused-ring (bicyclic) bond motifs is 1. The Morgan fingerprint density at radius 2 is 1.95 bits per heavy atom. The van der Waals surface area contributed by atoms with Crippen LogP contribution in [0.15, 0.2) is 53.1 Å². The zero-order chi connectivity index (χ0) is 13.2. The van der Waals surface area contributed by atoms with Gasteiger partial charge in [-0.3, -0.25) is 0 Å². The number of aromatic nitrogens is 1. The SMILES string of the molecule is Cc1ccc(C(C)Nc2nccc3ccccc23)o1. The molecule has 3 heteroatoms. The lowest BCUT2D eigenvalue weighted by atomic mass is 10.1. The average molecular weight is 252 g/mol. The third kappa shape index (κ3) is 2.32. The van der Waals surface area contributed by atoms with Crippen LogP contribution in [0.4, 0.5) is 5.82 Å². The molecular formula is C16H16N2O. The molecule has 0 amide bonds. The number of aryl methyl sites for hydroxylation is 1. The Bertz CT molecular complexity index is 697. The van der Waals surface area contributed by atoms with Crippen molar-refractivity contribution in [3.05, 3.63) is 60.2 Å². The lowest BCUT2D eigenvalue weighted by Gasteiger charge is -2.13. The summed E-state index contributed by atoms with van der Waals surface area (Å²) in [6, 6.07) is 14.3. The molecule has 0 aliphatic heterocycles. The number of hydrogen-bond acceptors (Lipinski definition) is 3. The summed E-state index contributed by atoms with van der Waals surface area (Å²) in [5.41, 5.74) is 0. The van der Waals surface area contributed by atoms with Gasteiger partial charge < -0.3 is 9.73 Å². The molecule has 0 spiro atoms. The number of furan rings is 1. The van der Waals surface area contributed by atoms with E-state index in [9.17, 15) is 0 Å². The van der Waals surface area contributed by atoms with E-state index in [-0.39, 0.29) is 6.04 Å². The maximum atomic E-state index is 5.64. The van der Waals surface area contributed by atoms with E-state index < -0.39 is 0 Å². The fourth-order valence-corrected chi connectivity index (χ4v) is 2.20. The van der Waals surface area contributed by atoms with Crippen molar-refractivity contribution in [2.45, 2.75) is 19.9 Å². The summed E-state index contributed by atoms with van der Waals surface area (Å²) < 4.78 is 5.64. The summed E-state index contributed by atoms with van der Waals surface area (Å²) in [5.74, 6) is 2.74. The van der Waals surface area contributed by atoms with E-state index in [0.29, 0.717) is 0 Å². The van der Waals surface area contributed by atoms with Gasteiger partial charge in [0, 0.05) is 11.6 Å². The van der Waals surface area contributed by atoms with Gasteiger partial charge in [0.05, 0.1) is 6.04 Å². The first-order valence-electron chi connectivity index (χ1n) is 6.40. The van der Waals surface area contributed by atoms with E-state index in [1.54, 1.807) is 0 Å². The molecule has 1 aromatic carbocycles. The van der Waals surface area contributed by atoms with Gasteiger partial charge in [0.25, 0.3) is 0 Å². The van der Waals surface area contributed by atoms with Crippen LogP contribution in [0.1, 0.15) is 24.5 Å². The van der Waals surface area contributed by atoms with Crippen molar-refractivity contribution < 1.29 is 4.42 Å². The fourth-order valence-electron chi connectivity index (χ4n) is 2.20. The predicted octanol–water partition coefficient (Wildman–Crippen LogP) is 4.31. The summed E-state index contributed by atoms with van der Waals surface area (Å²) in [6.45, 7) is 4.02. The Hall–Kier alpha value is -2.29. The molecule has 19 heavy (non-hydrogen) atoms. The highest BCUT2D eigenvalue weighted by molar-refractivity contribution is 5.91. The van der Waals surface area contributed by atoms with Crippen LogP contribution in [0.2, 0.25) is 0 Å². The largest absolute Gasteiger partial charge is 0.464 e. The van der Waals surface area contributed by atoms with Crippen LogP contribution in [-0.2, 0) is 0 Å². The molecule has 0 bridgehead atoms. The van der Waals surface area contributed by atoms with Crippen LogP contribution < -0.4 is 5.32 Å². The molecule has 3 rings (SSSR count). The van der Waals surface area contributed by atoms with Gasteiger partial charge in [-0.15, -0.1) is 0 Å². The minimum atomic E-state index is 0.0898. The Balaban J connectivity index is 1.93. The zero-order valence-corrected chi connectivity index (χ0v) is 11.1. The molecule has 0 fully saturated rings. The number of rotatable bonds is 3. The normalized spacial score (nSPS) is 12.5. The Morgan fingerprint density at radius 3 is 2.74 bits per heavy atom. The van der Waals surface area contributed by atoms with Crippen LogP contribution in [0, 0.1) is 6.92 Å². The molecule has 3 aromatic rings. The third-order valence-electron chi connectivity index (χ3n) is 3.21. The molecule has 0 radical (unpaired) electrons. The second-order valence-corrected chi connectivity index (χ2v) is 4.70. The Labute approximate surface area is 112 Å². The van der Waals surface area contributed by atoms with Crippen molar-refractivity contribution in [1.82, 2.24) is 4.98 Å². The minimum Gasteiger partial charge on any atom is -0.464 e. The first-order chi connectivity index (χ1) is 9.24. The molecule has 0 aliphatic rings. The fraction of sp³-hybridized carbons (Fsp3) is 0.188. The number of hydrogen-bond donors (Lipinski definition) is 1. The lowest BCUT2D eigenvalue weighted by molar-refractivity contribution is 0.466. The van der Waals surface area contributed by atoms with Gasteiger partial charge in [0.15, 0.2) is 0 Å². The lowest BCUT2D eigenvalue weighted by Crippen LogP contribution is -2.07. The van der Waals surface area contributed by atoms with E-state index in [0.717, 1.165) is 22.7 Å². The molecule has 3 nitrogen and oxygen atoms in total. The number of nitrogens with zero attached hydrogens (tertiary/aromatic N) is 1. The summed E-state index contributed by atoms with van der Waals surface area (Å²) >= 11 is 0. The smallest absolute Gasteiger partial charge is 0.134 e. The van der Waals surface area contributed by atoms with Gasteiger partial charge in [0.1, 0.15) is 17.3 Å². The van der Waals surface area contributed by atoms with Gasteiger partial charge in [-0.25, -0.2) is 4.98 Å². The zero-order valence-electron chi connectivity index (χ0n) is 11.1. The van der Waals surface area contributed by atoms with Gasteiger partial charge in [0.2, 0.25) is 0 Å². The third-order valence-corrected chi connectivity index (χ3v) is 3.21. The van der Waals surface area contributed by atoms with Gasteiger partial charge >= 0.3 is 0 Å². The van der Waals surface area contributed by atoms with E-state index in [1.165, 1.54) is 5.39 Å². The van der Waals surface area contributed by atoms with E-state index in [1.807, 2.05) is 43.5 Å². The highest BCUT2D eigenvalue weighted by Crippen LogP contribution is 2.25. The standard InChI is InChI=1S/C16H16N2O/c1-11-7-8-15(19-11)12(2)18-16-14-6-4-3-5-13(14)9-10-17-16/h3-10,12H,1-2H3,(H,17,18). The number of anilines is 1. The highest BCUT2D eigenvalue weighted by atomic mass is 16.3. The molecule has 0 saturated carbocycles. The Morgan fingerprint density at radius 1 is 1.11 bits per heavy atom. The first-order valence-corrected chi connectivity index (χ1v) is 6.40. The summed E-state index contributed by atoms with van der Waals surface area (Å²) in [6.07, 6.45) is 1.82. The average Bonchev–Trinajstić information content (AvgIpc) is 2.86.